The maximum Gasteiger partial charge on any atom is 0.343 e. The zero-order valence-corrected chi connectivity index (χ0v) is 13.7. The van der Waals surface area contributed by atoms with Crippen LogP contribution < -0.4 is 4.74 Å². The van der Waals surface area contributed by atoms with Gasteiger partial charge >= 0.3 is 5.97 Å². The molecule has 0 fully saturated rings. The lowest BCUT2D eigenvalue weighted by molar-refractivity contribution is -0.138. The van der Waals surface area contributed by atoms with Gasteiger partial charge in [-0.3, -0.25) is 4.79 Å². The van der Waals surface area contributed by atoms with Crippen LogP contribution in [0.25, 0.3) is 0 Å². The maximum atomic E-state index is 12.4. The van der Waals surface area contributed by atoms with Gasteiger partial charge in [-0.05, 0) is 12.1 Å². The third kappa shape index (κ3) is 3.65. The van der Waals surface area contributed by atoms with E-state index in [-0.39, 0.29) is 23.0 Å². The lowest BCUT2D eigenvalue weighted by Crippen LogP contribution is -2.31. The molecule has 0 saturated carbocycles. The summed E-state index contributed by atoms with van der Waals surface area (Å²) in [6.07, 6.45) is -1.10. The van der Waals surface area contributed by atoms with Gasteiger partial charge in [0.1, 0.15) is 5.56 Å². The molecule has 6 heteroatoms. The van der Waals surface area contributed by atoms with E-state index >= 15 is 0 Å². The quantitative estimate of drug-likeness (QED) is 0.853. The monoisotopic (exact) mass is 329 g/mol. The van der Waals surface area contributed by atoms with E-state index in [2.05, 4.69) is 0 Å². The molecule has 1 unspecified atom stereocenters. The van der Waals surface area contributed by atoms with Gasteiger partial charge in [0.05, 0.1) is 7.11 Å². The van der Waals surface area contributed by atoms with E-state index in [1.54, 1.807) is 50.5 Å². The lowest BCUT2D eigenvalue weighted by Gasteiger charge is -2.21. The minimum Gasteiger partial charge on any atom is -0.504 e. The van der Waals surface area contributed by atoms with Crippen LogP contribution in [0.4, 0.5) is 0 Å². The van der Waals surface area contributed by atoms with Crippen molar-refractivity contribution in [1.82, 2.24) is 4.90 Å². The van der Waals surface area contributed by atoms with Crippen LogP contribution in [0.5, 0.6) is 11.5 Å². The Bertz CT molecular complexity index is 727. The number of carbonyl (C=O) groups excluding carboxylic acids is 2. The summed E-state index contributed by atoms with van der Waals surface area (Å²) >= 11 is 0. The molecule has 126 valence electrons. The molecule has 2 aromatic carbocycles. The summed E-state index contributed by atoms with van der Waals surface area (Å²) in [5, 5.41) is 10.1. The first-order valence-electron chi connectivity index (χ1n) is 7.28. The molecular formula is C18H19NO5. The number of phenols is 1. The molecule has 6 nitrogen and oxygen atoms in total. The molecule has 0 aliphatic carbocycles. The van der Waals surface area contributed by atoms with Crippen molar-refractivity contribution in [3.05, 3.63) is 59.7 Å². The highest BCUT2D eigenvalue weighted by Crippen LogP contribution is 2.31. The molecule has 0 heterocycles. The summed E-state index contributed by atoms with van der Waals surface area (Å²) < 4.78 is 10.4. The van der Waals surface area contributed by atoms with Crippen LogP contribution in [0.2, 0.25) is 0 Å². The SMILES string of the molecule is COc1cccc(C(=O)OC(C(=O)N(C)C)c2ccccc2)c1O. The van der Waals surface area contributed by atoms with Gasteiger partial charge in [-0.2, -0.15) is 0 Å². The summed E-state index contributed by atoms with van der Waals surface area (Å²) in [6, 6.07) is 13.2. The fourth-order valence-electron chi connectivity index (χ4n) is 2.15. The number of benzene rings is 2. The van der Waals surface area contributed by atoms with Crippen LogP contribution in [0, 0.1) is 0 Å². The second-order valence-electron chi connectivity index (χ2n) is 5.29. The van der Waals surface area contributed by atoms with E-state index in [0.717, 1.165) is 0 Å². The molecule has 0 saturated heterocycles. The van der Waals surface area contributed by atoms with Crippen molar-refractivity contribution < 1.29 is 24.2 Å². The molecule has 2 rings (SSSR count). The van der Waals surface area contributed by atoms with Crippen molar-refractivity contribution in [3.8, 4) is 11.5 Å². The smallest absolute Gasteiger partial charge is 0.343 e. The van der Waals surface area contributed by atoms with Crippen LogP contribution in [0.1, 0.15) is 22.0 Å². The predicted octanol–water partition coefficient (Wildman–Crippen LogP) is 2.39. The number of likely N-dealkylation sites (N-methyl/N-ethyl adjacent to an activating group) is 1. The van der Waals surface area contributed by atoms with Gasteiger partial charge in [-0.15, -0.1) is 0 Å². The Kier molecular flexibility index (Phi) is 5.42. The highest BCUT2D eigenvalue weighted by molar-refractivity contribution is 5.95. The first kappa shape index (κ1) is 17.3. The Morgan fingerprint density at radius 2 is 1.71 bits per heavy atom. The Morgan fingerprint density at radius 1 is 1.04 bits per heavy atom. The normalized spacial score (nSPS) is 11.5. The fourth-order valence-corrected chi connectivity index (χ4v) is 2.15. The highest BCUT2D eigenvalue weighted by Gasteiger charge is 2.28. The van der Waals surface area contributed by atoms with E-state index in [1.165, 1.54) is 24.1 Å². The molecule has 1 N–H and O–H groups in total. The number of nitrogens with zero attached hydrogens (tertiary/aromatic N) is 1. The third-order valence-electron chi connectivity index (χ3n) is 3.43. The molecule has 0 radical (unpaired) electrons. The van der Waals surface area contributed by atoms with Crippen molar-refractivity contribution in [2.45, 2.75) is 6.10 Å². The zero-order chi connectivity index (χ0) is 17.7. The minimum atomic E-state index is -1.10. The molecule has 0 aliphatic rings. The van der Waals surface area contributed by atoms with Crippen molar-refractivity contribution in [2.75, 3.05) is 21.2 Å². The van der Waals surface area contributed by atoms with E-state index in [1.807, 2.05) is 0 Å². The first-order chi connectivity index (χ1) is 11.5. The Hall–Kier alpha value is -3.02. The number of hydrogen-bond donors (Lipinski definition) is 1. The molecule has 0 bridgehead atoms. The van der Waals surface area contributed by atoms with Gasteiger partial charge in [-0.1, -0.05) is 36.4 Å². The number of esters is 1. The van der Waals surface area contributed by atoms with Crippen LogP contribution in [0.15, 0.2) is 48.5 Å². The predicted molar refractivity (Wildman–Crippen MR) is 88.0 cm³/mol. The Balaban J connectivity index is 2.33. The van der Waals surface area contributed by atoms with Gasteiger partial charge in [0.25, 0.3) is 5.91 Å². The summed E-state index contributed by atoms with van der Waals surface area (Å²) in [5.74, 6) is -1.36. The number of amides is 1. The van der Waals surface area contributed by atoms with Crippen molar-refractivity contribution in [3.63, 3.8) is 0 Å². The second-order valence-corrected chi connectivity index (χ2v) is 5.29. The lowest BCUT2D eigenvalue weighted by atomic mass is 10.1. The van der Waals surface area contributed by atoms with Gasteiger partial charge in [0, 0.05) is 19.7 Å². The second kappa shape index (κ2) is 7.50. The summed E-state index contributed by atoms with van der Waals surface area (Å²) in [4.78, 5) is 26.2. The zero-order valence-electron chi connectivity index (χ0n) is 13.7. The molecule has 0 aromatic heterocycles. The number of phenolic OH excluding ortho intramolecular Hbond substituents is 1. The van der Waals surface area contributed by atoms with Crippen molar-refractivity contribution >= 4 is 11.9 Å². The topological polar surface area (TPSA) is 76.1 Å². The van der Waals surface area contributed by atoms with Crippen LogP contribution in [-0.4, -0.2) is 43.1 Å². The summed E-state index contributed by atoms with van der Waals surface area (Å²) in [7, 11) is 4.54. The number of rotatable bonds is 5. The van der Waals surface area contributed by atoms with E-state index in [0.29, 0.717) is 5.56 Å². The molecule has 24 heavy (non-hydrogen) atoms. The molecule has 0 aliphatic heterocycles. The number of methoxy groups -OCH3 is 1. The standard InChI is InChI=1S/C18H19NO5/c1-19(2)17(21)16(12-8-5-4-6-9-12)24-18(22)13-10-7-11-14(23-3)15(13)20/h4-11,16,20H,1-3H3. The van der Waals surface area contributed by atoms with Gasteiger partial charge in [0.2, 0.25) is 6.10 Å². The molecule has 0 spiro atoms. The largest absolute Gasteiger partial charge is 0.504 e. The third-order valence-corrected chi connectivity index (χ3v) is 3.43. The number of para-hydroxylation sites is 1. The molecule has 1 amide bonds. The molecule has 1 atom stereocenters. The minimum absolute atomic E-state index is 0.0677. The van der Waals surface area contributed by atoms with Gasteiger partial charge < -0.3 is 19.5 Å². The average Bonchev–Trinajstić information content (AvgIpc) is 2.59. The number of hydrogen-bond acceptors (Lipinski definition) is 5. The summed E-state index contributed by atoms with van der Waals surface area (Å²) in [6.45, 7) is 0. The Labute approximate surface area is 140 Å². The van der Waals surface area contributed by atoms with Gasteiger partial charge in [-0.25, -0.2) is 4.79 Å². The van der Waals surface area contributed by atoms with Crippen LogP contribution >= 0.6 is 0 Å². The van der Waals surface area contributed by atoms with E-state index in [4.69, 9.17) is 9.47 Å². The number of carbonyl (C=O) groups is 2. The van der Waals surface area contributed by atoms with E-state index < -0.39 is 12.1 Å². The van der Waals surface area contributed by atoms with Crippen molar-refractivity contribution in [1.29, 1.82) is 0 Å². The van der Waals surface area contributed by atoms with Crippen molar-refractivity contribution in [2.24, 2.45) is 0 Å². The molecule has 2 aromatic rings. The number of ether oxygens (including phenoxy) is 2. The van der Waals surface area contributed by atoms with E-state index in [9.17, 15) is 14.7 Å². The summed E-state index contributed by atoms with van der Waals surface area (Å²) in [5.41, 5.74) is 0.480. The Morgan fingerprint density at radius 3 is 2.29 bits per heavy atom. The fraction of sp³-hybridized carbons (Fsp3) is 0.222. The van der Waals surface area contributed by atoms with Gasteiger partial charge in [0.15, 0.2) is 11.5 Å². The maximum absolute atomic E-state index is 12.4. The highest BCUT2D eigenvalue weighted by atomic mass is 16.5. The average molecular weight is 329 g/mol. The first-order valence-corrected chi connectivity index (χ1v) is 7.28. The molecular weight excluding hydrogens is 310 g/mol. The van der Waals surface area contributed by atoms with Crippen LogP contribution in [-0.2, 0) is 9.53 Å². The number of aromatic hydroxyl groups is 1. The van der Waals surface area contributed by atoms with Crippen LogP contribution in [0.3, 0.4) is 0 Å².